The Bertz CT molecular complexity index is 747. The average molecular weight is 299 g/mol. The molecule has 0 spiro atoms. The molecule has 22 heavy (non-hydrogen) atoms. The quantitative estimate of drug-likeness (QED) is 0.779. The summed E-state index contributed by atoms with van der Waals surface area (Å²) in [5.74, 6) is 1.31. The van der Waals surface area contributed by atoms with E-state index >= 15 is 0 Å². The Labute approximate surface area is 125 Å². The van der Waals surface area contributed by atoms with Crippen molar-refractivity contribution in [3.8, 4) is 5.75 Å². The van der Waals surface area contributed by atoms with Crippen molar-refractivity contribution in [1.82, 2.24) is 10.2 Å². The normalized spacial score (nSPS) is 10.4. The van der Waals surface area contributed by atoms with Crippen LogP contribution in [0.25, 0.3) is 0 Å². The Morgan fingerprint density at radius 3 is 2.68 bits per heavy atom. The summed E-state index contributed by atoms with van der Waals surface area (Å²) in [5.41, 5.74) is 1.12. The smallest absolute Gasteiger partial charge is 0.258 e. The van der Waals surface area contributed by atoms with Crippen molar-refractivity contribution in [2.75, 3.05) is 5.32 Å². The zero-order valence-electron chi connectivity index (χ0n) is 11.8. The van der Waals surface area contributed by atoms with E-state index in [-0.39, 0.29) is 12.5 Å². The lowest BCUT2D eigenvalue weighted by molar-refractivity contribution is 0.102. The van der Waals surface area contributed by atoms with Crippen molar-refractivity contribution < 1.29 is 18.4 Å². The van der Waals surface area contributed by atoms with Gasteiger partial charge in [-0.05, 0) is 30.3 Å². The third-order valence-corrected chi connectivity index (χ3v) is 2.83. The molecule has 1 N–H and O–H groups in total. The van der Waals surface area contributed by atoms with Crippen LogP contribution >= 0.6 is 0 Å². The molecule has 0 aliphatic carbocycles. The second-order valence-electron chi connectivity index (χ2n) is 4.49. The van der Waals surface area contributed by atoms with Crippen molar-refractivity contribution in [3.05, 3.63) is 60.2 Å². The van der Waals surface area contributed by atoms with Crippen LogP contribution in [0.3, 0.4) is 0 Å². The minimum Gasteiger partial charge on any atom is -0.484 e. The Balaban J connectivity index is 1.57. The summed E-state index contributed by atoms with van der Waals surface area (Å²) >= 11 is 0. The Morgan fingerprint density at radius 1 is 1.23 bits per heavy atom. The van der Waals surface area contributed by atoms with E-state index in [4.69, 9.17) is 13.6 Å². The van der Waals surface area contributed by atoms with Gasteiger partial charge in [-0.3, -0.25) is 4.79 Å². The molecule has 0 atom stereocenters. The first kappa shape index (κ1) is 13.9. The molecule has 3 rings (SSSR count). The Hall–Kier alpha value is -3.09. The topological polar surface area (TPSA) is 90.4 Å². The number of nitrogens with one attached hydrogen (secondary N) is 1. The van der Waals surface area contributed by atoms with Crippen molar-refractivity contribution in [3.63, 3.8) is 0 Å². The number of carbonyl (C=O) groups excluding carboxylic acids is 1. The third kappa shape index (κ3) is 3.32. The van der Waals surface area contributed by atoms with Crippen LogP contribution in [0.5, 0.6) is 5.75 Å². The minimum absolute atomic E-state index is 0.196. The van der Waals surface area contributed by atoms with E-state index in [9.17, 15) is 4.79 Å². The molecule has 0 unspecified atom stereocenters. The average Bonchev–Trinajstić information content (AvgIpc) is 3.18. The fourth-order valence-corrected chi connectivity index (χ4v) is 1.77. The van der Waals surface area contributed by atoms with Gasteiger partial charge in [0, 0.05) is 12.6 Å². The first-order valence-electron chi connectivity index (χ1n) is 6.56. The number of nitrogens with zero attached hydrogens (tertiary/aromatic N) is 2. The van der Waals surface area contributed by atoms with E-state index in [1.54, 1.807) is 37.3 Å². The maximum Gasteiger partial charge on any atom is 0.258 e. The zero-order valence-corrected chi connectivity index (χ0v) is 11.8. The molecule has 0 bridgehead atoms. The standard InChI is InChI=1S/C15H13N3O4/c1-10-17-18-14(22-10)9-21-13-4-2-12(3-5-13)16-15(19)11-6-7-20-8-11/h2-8H,9H2,1H3,(H,16,19). The highest BCUT2D eigenvalue weighted by molar-refractivity contribution is 6.03. The molecule has 0 saturated carbocycles. The van der Waals surface area contributed by atoms with Crippen LogP contribution in [-0.2, 0) is 6.61 Å². The summed E-state index contributed by atoms with van der Waals surface area (Å²) < 4.78 is 15.6. The highest BCUT2D eigenvalue weighted by atomic mass is 16.5. The number of ether oxygens (including phenoxy) is 1. The minimum atomic E-state index is -0.233. The van der Waals surface area contributed by atoms with Crippen molar-refractivity contribution >= 4 is 11.6 Å². The van der Waals surface area contributed by atoms with Crippen molar-refractivity contribution in [2.45, 2.75) is 13.5 Å². The van der Waals surface area contributed by atoms with Crippen LogP contribution in [0.15, 0.2) is 51.7 Å². The van der Waals surface area contributed by atoms with Gasteiger partial charge in [-0.25, -0.2) is 0 Å². The number of hydrogen-bond acceptors (Lipinski definition) is 6. The second-order valence-corrected chi connectivity index (χ2v) is 4.49. The lowest BCUT2D eigenvalue weighted by Crippen LogP contribution is -2.10. The third-order valence-electron chi connectivity index (χ3n) is 2.83. The predicted molar refractivity (Wildman–Crippen MR) is 76.5 cm³/mol. The Morgan fingerprint density at radius 2 is 2.05 bits per heavy atom. The Kier molecular flexibility index (Phi) is 3.86. The fraction of sp³-hybridized carbons (Fsp3) is 0.133. The van der Waals surface area contributed by atoms with Crippen LogP contribution in [0.4, 0.5) is 5.69 Å². The molecule has 1 amide bonds. The first-order chi connectivity index (χ1) is 10.7. The van der Waals surface area contributed by atoms with Crippen LogP contribution in [0.1, 0.15) is 22.1 Å². The molecule has 0 aliphatic rings. The van der Waals surface area contributed by atoms with E-state index < -0.39 is 0 Å². The summed E-state index contributed by atoms with van der Waals surface area (Å²) in [7, 11) is 0. The largest absolute Gasteiger partial charge is 0.484 e. The molecule has 2 heterocycles. The lowest BCUT2D eigenvalue weighted by Gasteiger charge is -2.06. The number of benzene rings is 1. The van der Waals surface area contributed by atoms with Crippen LogP contribution in [-0.4, -0.2) is 16.1 Å². The van der Waals surface area contributed by atoms with E-state index in [2.05, 4.69) is 15.5 Å². The van der Waals surface area contributed by atoms with E-state index in [0.29, 0.717) is 28.8 Å². The maximum absolute atomic E-state index is 11.8. The van der Waals surface area contributed by atoms with Gasteiger partial charge in [0.1, 0.15) is 12.0 Å². The first-order valence-corrected chi connectivity index (χ1v) is 6.56. The fourth-order valence-electron chi connectivity index (χ4n) is 1.77. The lowest BCUT2D eigenvalue weighted by atomic mass is 10.2. The van der Waals surface area contributed by atoms with Gasteiger partial charge in [0.15, 0.2) is 6.61 Å². The maximum atomic E-state index is 11.8. The molecule has 112 valence electrons. The zero-order chi connectivity index (χ0) is 15.4. The molecule has 7 heteroatoms. The SMILES string of the molecule is Cc1nnc(COc2ccc(NC(=O)c3ccoc3)cc2)o1. The second kappa shape index (κ2) is 6.13. The molecule has 0 fully saturated rings. The highest BCUT2D eigenvalue weighted by Gasteiger charge is 2.07. The number of aromatic nitrogens is 2. The number of rotatable bonds is 5. The number of amides is 1. The molecular weight excluding hydrogens is 286 g/mol. The highest BCUT2D eigenvalue weighted by Crippen LogP contribution is 2.17. The molecular formula is C15H13N3O4. The molecule has 0 radical (unpaired) electrons. The van der Waals surface area contributed by atoms with Gasteiger partial charge in [0.2, 0.25) is 5.89 Å². The summed E-state index contributed by atoms with van der Waals surface area (Å²) in [6, 6.07) is 8.57. The van der Waals surface area contributed by atoms with Crippen molar-refractivity contribution in [2.24, 2.45) is 0 Å². The molecule has 3 aromatic rings. The van der Waals surface area contributed by atoms with E-state index in [0.717, 1.165) is 0 Å². The van der Waals surface area contributed by atoms with Crippen LogP contribution in [0.2, 0.25) is 0 Å². The summed E-state index contributed by atoms with van der Waals surface area (Å²) in [4.78, 5) is 11.8. The summed E-state index contributed by atoms with van der Waals surface area (Å²) in [5, 5.41) is 10.3. The monoisotopic (exact) mass is 299 g/mol. The predicted octanol–water partition coefficient (Wildman–Crippen LogP) is 2.80. The summed E-state index contributed by atoms with van der Waals surface area (Å²) in [6.07, 6.45) is 2.84. The number of aryl methyl sites for hydroxylation is 1. The van der Waals surface area contributed by atoms with E-state index in [1.807, 2.05) is 0 Å². The molecule has 1 aromatic carbocycles. The number of hydrogen-bond donors (Lipinski definition) is 1. The van der Waals surface area contributed by atoms with Crippen molar-refractivity contribution in [1.29, 1.82) is 0 Å². The van der Waals surface area contributed by atoms with Gasteiger partial charge in [0.05, 0.1) is 11.8 Å². The van der Waals surface area contributed by atoms with Gasteiger partial charge >= 0.3 is 0 Å². The molecule has 0 aliphatic heterocycles. The molecule has 0 saturated heterocycles. The number of furan rings is 1. The number of anilines is 1. The number of carbonyl (C=O) groups is 1. The van der Waals surface area contributed by atoms with E-state index in [1.165, 1.54) is 12.5 Å². The van der Waals surface area contributed by atoms with Crippen LogP contribution in [0, 0.1) is 6.92 Å². The molecule has 2 aromatic heterocycles. The molecule has 7 nitrogen and oxygen atoms in total. The van der Waals surface area contributed by atoms with Gasteiger partial charge in [-0.1, -0.05) is 0 Å². The van der Waals surface area contributed by atoms with Crippen LogP contribution < -0.4 is 10.1 Å². The van der Waals surface area contributed by atoms with Gasteiger partial charge in [-0.15, -0.1) is 10.2 Å². The van der Waals surface area contributed by atoms with Gasteiger partial charge in [0.25, 0.3) is 11.8 Å². The van der Waals surface area contributed by atoms with Gasteiger partial charge < -0.3 is 18.9 Å². The summed E-state index contributed by atoms with van der Waals surface area (Å²) in [6.45, 7) is 1.91. The van der Waals surface area contributed by atoms with Gasteiger partial charge in [-0.2, -0.15) is 0 Å².